The molecule has 19 heavy (non-hydrogen) atoms. The van der Waals surface area contributed by atoms with Gasteiger partial charge in [-0.15, -0.1) is 0 Å². The van der Waals surface area contributed by atoms with E-state index in [1.807, 2.05) is 24.3 Å². The summed E-state index contributed by atoms with van der Waals surface area (Å²) in [5.74, 6) is -1.14. The highest BCUT2D eigenvalue weighted by Gasteiger charge is 2.17. The van der Waals surface area contributed by atoms with Crippen molar-refractivity contribution in [2.75, 3.05) is 0 Å². The van der Waals surface area contributed by atoms with Gasteiger partial charge in [-0.05, 0) is 29.7 Å². The highest BCUT2D eigenvalue weighted by atomic mass is 79.9. The Bertz CT molecular complexity index is 581. The molecule has 0 aromatic heterocycles. The smallest absolute Gasteiger partial charge is 0.142 e. The van der Waals surface area contributed by atoms with Crippen LogP contribution in [0.3, 0.4) is 0 Å². The molecule has 0 spiro atoms. The molecule has 2 aromatic carbocycles. The second kappa shape index (κ2) is 6.02. The number of hydrogen-bond donors (Lipinski definition) is 0. The van der Waals surface area contributed by atoms with Crippen LogP contribution in [0.15, 0.2) is 36.4 Å². The molecule has 0 heterocycles. The van der Waals surface area contributed by atoms with Crippen molar-refractivity contribution in [1.29, 1.82) is 0 Å². The molecule has 0 saturated carbocycles. The molecule has 0 radical (unpaired) electrons. The molecule has 0 fully saturated rings. The lowest BCUT2D eigenvalue weighted by Gasteiger charge is -2.13. The Morgan fingerprint density at radius 1 is 1.11 bits per heavy atom. The number of halogens is 4. The third-order valence-corrected chi connectivity index (χ3v) is 4.30. The minimum atomic E-state index is -0.618. The van der Waals surface area contributed by atoms with Gasteiger partial charge in [0.05, 0.1) is 9.85 Å². The van der Waals surface area contributed by atoms with E-state index in [9.17, 15) is 8.78 Å². The molecule has 0 aliphatic heterocycles. The van der Waals surface area contributed by atoms with E-state index >= 15 is 0 Å². The predicted octanol–water partition coefficient (Wildman–Crippen LogP) is 5.66. The molecule has 2 rings (SSSR count). The zero-order chi connectivity index (χ0) is 14.0. The standard InChI is InChI=1S/C15H12BrClF2/c1-2-9-3-5-10(6-4-9)15(16)11-7-14(19)12(17)8-13(11)18/h3-8,15H,2H2,1H3. The lowest BCUT2D eigenvalue weighted by Crippen LogP contribution is -1.98. The van der Waals surface area contributed by atoms with Crippen LogP contribution in [0.4, 0.5) is 8.78 Å². The van der Waals surface area contributed by atoms with Crippen LogP contribution in [0.5, 0.6) is 0 Å². The number of aryl methyl sites for hydroxylation is 1. The van der Waals surface area contributed by atoms with Gasteiger partial charge in [0.15, 0.2) is 0 Å². The Kier molecular flexibility index (Phi) is 4.58. The van der Waals surface area contributed by atoms with Crippen molar-refractivity contribution in [3.8, 4) is 0 Å². The molecule has 1 atom stereocenters. The molecule has 4 heteroatoms. The molecule has 1 unspecified atom stereocenters. The van der Waals surface area contributed by atoms with Gasteiger partial charge >= 0.3 is 0 Å². The summed E-state index contributed by atoms with van der Waals surface area (Å²) >= 11 is 8.95. The Morgan fingerprint density at radius 2 is 1.74 bits per heavy atom. The second-order valence-corrected chi connectivity index (χ2v) is 5.57. The first-order valence-electron chi connectivity index (χ1n) is 5.90. The average Bonchev–Trinajstić information content (AvgIpc) is 2.42. The fourth-order valence-corrected chi connectivity index (χ4v) is 2.64. The summed E-state index contributed by atoms with van der Waals surface area (Å²) in [6.07, 6.45) is 0.942. The molecule has 2 aromatic rings. The van der Waals surface area contributed by atoms with Crippen molar-refractivity contribution in [2.24, 2.45) is 0 Å². The van der Waals surface area contributed by atoms with E-state index < -0.39 is 16.5 Å². The van der Waals surface area contributed by atoms with Crippen LogP contribution in [0.1, 0.15) is 28.4 Å². The first-order valence-corrected chi connectivity index (χ1v) is 7.19. The van der Waals surface area contributed by atoms with Gasteiger partial charge in [-0.2, -0.15) is 0 Å². The number of benzene rings is 2. The summed E-state index contributed by atoms with van der Waals surface area (Å²) in [7, 11) is 0. The van der Waals surface area contributed by atoms with Crippen LogP contribution in [-0.4, -0.2) is 0 Å². The summed E-state index contributed by atoms with van der Waals surface area (Å²) in [5, 5.41) is -0.206. The summed E-state index contributed by atoms with van der Waals surface area (Å²) in [6.45, 7) is 2.06. The van der Waals surface area contributed by atoms with Crippen LogP contribution in [0.25, 0.3) is 0 Å². The van der Waals surface area contributed by atoms with E-state index in [2.05, 4.69) is 22.9 Å². The molecule has 100 valence electrons. The van der Waals surface area contributed by atoms with Crippen molar-refractivity contribution >= 4 is 27.5 Å². The van der Waals surface area contributed by atoms with E-state index in [1.165, 1.54) is 5.56 Å². The molecular weight excluding hydrogens is 334 g/mol. The monoisotopic (exact) mass is 344 g/mol. The largest absolute Gasteiger partial charge is 0.207 e. The number of hydrogen-bond acceptors (Lipinski definition) is 0. The van der Waals surface area contributed by atoms with Crippen molar-refractivity contribution in [3.05, 3.63) is 69.7 Å². The fourth-order valence-electron chi connectivity index (χ4n) is 1.83. The third-order valence-electron chi connectivity index (χ3n) is 2.99. The van der Waals surface area contributed by atoms with Gasteiger partial charge in [-0.1, -0.05) is 58.7 Å². The molecule has 0 saturated heterocycles. The maximum absolute atomic E-state index is 13.8. The Morgan fingerprint density at radius 3 is 2.32 bits per heavy atom. The molecule has 0 aliphatic carbocycles. The fraction of sp³-hybridized carbons (Fsp3) is 0.200. The predicted molar refractivity (Wildman–Crippen MR) is 78.0 cm³/mol. The van der Waals surface area contributed by atoms with Gasteiger partial charge in [0.1, 0.15) is 11.6 Å². The average molecular weight is 346 g/mol. The molecule has 0 bridgehead atoms. The summed E-state index contributed by atoms with van der Waals surface area (Å²) in [6, 6.07) is 9.90. The normalized spacial score (nSPS) is 12.5. The van der Waals surface area contributed by atoms with E-state index in [0.717, 1.165) is 24.1 Å². The topological polar surface area (TPSA) is 0 Å². The van der Waals surface area contributed by atoms with Crippen molar-refractivity contribution in [3.63, 3.8) is 0 Å². The third kappa shape index (κ3) is 3.15. The van der Waals surface area contributed by atoms with Crippen LogP contribution in [0, 0.1) is 11.6 Å². The lowest BCUT2D eigenvalue weighted by molar-refractivity contribution is 0.588. The molecule has 0 amide bonds. The van der Waals surface area contributed by atoms with Gasteiger partial charge in [0.2, 0.25) is 0 Å². The maximum atomic E-state index is 13.8. The van der Waals surface area contributed by atoms with Crippen molar-refractivity contribution in [2.45, 2.75) is 18.2 Å². The van der Waals surface area contributed by atoms with Gasteiger partial charge in [0.25, 0.3) is 0 Å². The van der Waals surface area contributed by atoms with Gasteiger partial charge < -0.3 is 0 Å². The van der Waals surface area contributed by atoms with E-state index in [4.69, 9.17) is 11.6 Å². The highest BCUT2D eigenvalue weighted by Crippen LogP contribution is 2.34. The molecule has 0 N–H and O–H groups in total. The zero-order valence-corrected chi connectivity index (χ0v) is 12.6. The molecular formula is C15H12BrClF2. The first-order chi connectivity index (χ1) is 9.02. The van der Waals surface area contributed by atoms with Crippen LogP contribution in [-0.2, 0) is 6.42 Å². The van der Waals surface area contributed by atoms with Crippen LogP contribution < -0.4 is 0 Å². The minimum Gasteiger partial charge on any atom is -0.207 e. The second-order valence-electron chi connectivity index (χ2n) is 4.25. The first kappa shape index (κ1) is 14.5. The van der Waals surface area contributed by atoms with Gasteiger partial charge in [-0.25, -0.2) is 8.78 Å². The Hall–Kier alpha value is -0.930. The van der Waals surface area contributed by atoms with Gasteiger partial charge in [0, 0.05) is 5.56 Å². The summed E-state index contributed by atoms with van der Waals surface area (Å²) < 4.78 is 27.3. The van der Waals surface area contributed by atoms with Crippen molar-refractivity contribution in [1.82, 2.24) is 0 Å². The number of alkyl halides is 1. The van der Waals surface area contributed by atoms with E-state index in [-0.39, 0.29) is 10.6 Å². The van der Waals surface area contributed by atoms with Crippen LogP contribution in [0.2, 0.25) is 5.02 Å². The van der Waals surface area contributed by atoms with Gasteiger partial charge in [-0.3, -0.25) is 0 Å². The SMILES string of the molecule is CCc1ccc(C(Br)c2cc(F)c(Cl)cc2F)cc1. The maximum Gasteiger partial charge on any atom is 0.142 e. The lowest BCUT2D eigenvalue weighted by atomic mass is 10.0. The molecule has 0 aliphatic rings. The highest BCUT2D eigenvalue weighted by molar-refractivity contribution is 9.09. The van der Waals surface area contributed by atoms with E-state index in [0.29, 0.717) is 0 Å². The summed E-state index contributed by atoms with van der Waals surface area (Å²) in [4.78, 5) is -0.398. The Balaban J connectivity index is 2.37. The van der Waals surface area contributed by atoms with Crippen molar-refractivity contribution < 1.29 is 8.78 Å². The number of rotatable bonds is 3. The van der Waals surface area contributed by atoms with Crippen LogP contribution >= 0.6 is 27.5 Å². The minimum absolute atomic E-state index is 0.206. The van der Waals surface area contributed by atoms with E-state index in [1.54, 1.807) is 0 Å². The Labute approximate surface area is 124 Å². The molecule has 0 nitrogen and oxygen atoms in total. The zero-order valence-electron chi connectivity index (χ0n) is 10.3. The quantitative estimate of drug-likeness (QED) is 0.497. The summed E-state index contributed by atoms with van der Waals surface area (Å²) in [5.41, 5.74) is 2.31.